The third-order valence-electron chi connectivity index (χ3n) is 4.61. The van der Waals surface area contributed by atoms with E-state index in [4.69, 9.17) is 0 Å². The van der Waals surface area contributed by atoms with Crippen molar-refractivity contribution >= 4 is 21.6 Å². The summed E-state index contributed by atoms with van der Waals surface area (Å²) >= 11 is 0. The number of nitrogens with one attached hydrogen (secondary N) is 1. The maximum atomic E-state index is 13.0. The fourth-order valence-corrected chi connectivity index (χ4v) is 4.20. The van der Waals surface area contributed by atoms with Crippen LogP contribution in [0.25, 0.3) is 0 Å². The maximum absolute atomic E-state index is 13.0. The number of sulfonamides is 1. The molecule has 1 N–H and O–H groups in total. The van der Waals surface area contributed by atoms with Crippen LogP contribution >= 0.6 is 0 Å². The van der Waals surface area contributed by atoms with Crippen molar-refractivity contribution in [1.29, 1.82) is 0 Å². The fraction of sp³-hybridized carbons (Fsp3) is 0.381. The van der Waals surface area contributed by atoms with Gasteiger partial charge in [0.2, 0.25) is 0 Å². The Labute approximate surface area is 162 Å². The van der Waals surface area contributed by atoms with Crippen molar-refractivity contribution in [1.82, 2.24) is 4.90 Å². The topological polar surface area (TPSA) is 66.5 Å². The highest BCUT2D eigenvalue weighted by Crippen LogP contribution is 2.29. The Morgan fingerprint density at radius 2 is 1.70 bits per heavy atom. The molecule has 0 saturated heterocycles. The molecule has 0 aliphatic rings. The molecule has 5 nitrogen and oxygen atoms in total. The molecule has 1 amide bonds. The molecule has 0 bridgehead atoms. The molecule has 27 heavy (non-hydrogen) atoms. The number of para-hydroxylation sites is 1. The van der Waals surface area contributed by atoms with Crippen LogP contribution in [0.1, 0.15) is 55.1 Å². The van der Waals surface area contributed by atoms with Gasteiger partial charge in [0.15, 0.2) is 0 Å². The van der Waals surface area contributed by atoms with Gasteiger partial charge in [-0.3, -0.25) is 9.52 Å². The number of carbonyl (C=O) groups is 1. The lowest BCUT2D eigenvalue weighted by molar-refractivity contribution is 0.0772. The summed E-state index contributed by atoms with van der Waals surface area (Å²) in [6.07, 6.45) is 0. The van der Waals surface area contributed by atoms with E-state index < -0.39 is 10.0 Å². The average Bonchev–Trinajstić information content (AvgIpc) is 2.64. The SMILES string of the molecule is CCN(CC)C(=O)c1cccc(S(=O)(=O)Nc2c(C)cccc2C(C)C)c1. The highest BCUT2D eigenvalue weighted by atomic mass is 32.2. The molecule has 2 aromatic carbocycles. The zero-order valence-electron chi connectivity index (χ0n) is 16.6. The van der Waals surface area contributed by atoms with Crippen LogP contribution in [0.3, 0.4) is 0 Å². The minimum atomic E-state index is -3.81. The molecular formula is C21H28N2O3S. The Kier molecular flexibility index (Phi) is 6.65. The van der Waals surface area contributed by atoms with Gasteiger partial charge >= 0.3 is 0 Å². The summed E-state index contributed by atoms with van der Waals surface area (Å²) in [5, 5.41) is 0. The second-order valence-electron chi connectivity index (χ2n) is 6.80. The number of rotatable bonds is 7. The second-order valence-corrected chi connectivity index (χ2v) is 8.49. The monoisotopic (exact) mass is 388 g/mol. The molecule has 0 aliphatic carbocycles. The van der Waals surface area contributed by atoms with E-state index in [-0.39, 0.29) is 16.7 Å². The summed E-state index contributed by atoms with van der Waals surface area (Å²) in [5.74, 6) is 0.00832. The summed E-state index contributed by atoms with van der Waals surface area (Å²) in [4.78, 5) is 14.3. The first-order valence-corrected chi connectivity index (χ1v) is 10.7. The third-order valence-corrected chi connectivity index (χ3v) is 5.95. The standard InChI is InChI=1S/C21H28N2O3S/c1-6-23(7-2)21(24)17-11-9-12-18(14-17)27(25,26)22-20-16(5)10-8-13-19(20)15(3)4/h8-15,22H,6-7H2,1-5H3. The average molecular weight is 389 g/mol. The van der Waals surface area contributed by atoms with Crippen molar-refractivity contribution in [3.63, 3.8) is 0 Å². The minimum absolute atomic E-state index is 0.0819. The van der Waals surface area contributed by atoms with Gasteiger partial charge in [-0.2, -0.15) is 0 Å². The number of hydrogen-bond acceptors (Lipinski definition) is 3. The van der Waals surface area contributed by atoms with E-state index in [9.17, 15) is 13.2 Å². The first-order chi connectivity index (χ1) is 12.7. The molecule has 0 aromatic heterocycles. The molecule has 2 rings (SSSR count). The van der Waals surface area contributed by atoms with Crippen LogP contribution in [0, 0.1) is 6.92 Å². The van der Waals surface area contributed by atoms with Gasteiger partial charge in [0, 0.05) is 18.7 Å². The first-order valence-electron chi connectivity index (χ1n) is 9.22. The molecule has 0 aliphatic heterocycles. The summed E-state index contributed by atoms with van der Waals surface area (Å²) < 4.78 is 28.7. The Balaban J connectivity index is 2.42. The molecule has 0 radical (unpaired) electrons. The van der Waals surface area contributed by atoms with Crippen molar-refractivity contribution in [2.75, 3.05) is 17.8 Å². The summed E-state index contributed by atoms with van der Waals surface area (Å²) in [7, 11) is -3.81. The number of anilines is 1. The number of amides is 1. The number of benzene rings is 2. The predicted molar refractivity (Wildman–Crippen MR) is 110 cm³/mol. The van der Waals surface area contributed by atoms with Crippen LogP contribution in [0.4, 0.5) is 5.69 Å². The zero-order valence-corrected chi connectivity index (χ0v) is 17.4. The van der Waals surface area contributed by atoms with Gasteiger partial charge < -0.3 is 4.90 Å². The Morgan fingerprint density at radius 1 is 1.07 bits per heavy atom. The predicted octanol–water partition coefficient (Wildman–Crippen LogP) is 4.40. The van der Waals surface area contributed by atoms with Crippen LogP contribution < -0.4 is 4.72 Å². The van der Waals surface area contributed by atoms with Gasteiger partial charge in [0.05, 0.1) is 10.6 Å². The molecule has 0 saturated carbocycles. The van der Waals surface area contributed by atoms with E-state index in [0.29, 0.717) is 24.3 Å². The van der Waals surface area contributed by atoms with Gasteiger partial charge in [-0.1, -0.05) is 38.1 Å². The smallest absolute Gasteiger partial charge is 0.261 e. The molecule has 0 fully saturated rings. The van der Waals surface area contributed by atoms with Crippen molar-refractivity contribution in [3.05, 3.63) is 59.2 Å². The highest BCUT2D eigenvalue weighted by molar-refractivity contribution is 7.92. The van der Waals surface area contributed by atoms with E-state index in [1.165, 1.54) is 12.1 Å². The molecule has 146 valence electrons. The van der Waals surface area contributed by atoms with Gasteiger partial charge in [-0.25, -0.2) is 8.42 Å². The fourth-order valence-electron chi connectivity index (χ4n) is 2.99. The number of aryl methyl sites for hydroxylation is 1. The summed E-state index contributed by atoms with van der Waals surface area (Å²) in [5.41, 5.74) is 2.78. The molecule has 0 spiro atoms. The quantitative estimate of drug-likeness (QED) is 0.764. The number of hydrogen-bond donors (Lipinski definition) is 1. The number of carbonyl (C=O) groups excluding carboxylic acids is 1. The van der Waals surface area contributed by atoms with E-state index in [1.807, 2.05) is 52.8 Å². The normalized spacial score (nSPS) is 11.5. The largest absolute Gasteiger partial charge is 0.339 e. The van der Waals surface area contributed by atoms with Crippen LogP contribution in [-0.2, 0) is 10.0 Å². The molecular weight excluding hydrogens is 360 g/mol. The van der Waals surface area contributed by atoms with E-state index in [2.05, 4.69) is 4.72 Å². The van der Waals surface area contributed by atoms with Gasteiger partial charge in [0.1, 0.15) is 0 Å². The van der Waals surface area contributed by atoms with Gasteiger partial charge in [-0.15, -0.1) is 0 Å². The zero-order chi connectivity index (χ0) is 20.2. The minimum Gasteiger partial charge on any atom is -0.339 e. The van der Waals surface area contributed by atoms with Crippen molar-refractivity contribution < 1.29 is 13.2 Å². The number of nitrogens with zero attached hydrogens (tertiary/aromatic N) is 1. The molecule has 0 unspecified atom stereocenters. The Morgan fingerprint density at radius 3 is 2.30 bits per heavy atom. The van der Waals surface area contributed by atoms with Crippen molar-refractivity contribution in [2.24, 2.45) is 0 Å². The summed E-state index contributed by atoms with van der Waals surface area (Å²) in [6, 6.07) is 11.9. The van der Waals surface area contributed by atoms with Crippen LogP contribution in [0.2, 0.25) is 0 Å². The van der Waals surface area contributed by atoms with E-state index in [1.54, 1.807) is 17.0 Å². The lowest BCUT2D eigenvalue weighted by Gasteiger charge is -2.20. The van der Waals surface area contributed by atoms with Gasteiger partial charge in [-0.05, 0) is 56.0 Å². The maximum Gasteiger partial charge on any atom is 0.261 e. The van der Waals surface area contributed by atoms with E-state index >= 15 is 0 Å². The van der Waals surface area contributed by atoms with Crippen molar-refractivity contribution in [3.8, 4) is 0 Å². The summed E-state index contributed by atoms with van der Waals surface area (Å²) in [6.45, 7) is 10.9. The van der Waals surface area contributed by atoms with E-state index in [0.717, 1.165) is 11.1 Å². The lowest BCUT2D eigenvalue weighted by Crippen LogP contribution is -2.30. The van der Waals surface area contributed by atoms with Crippen LogP contribution in [0.5, 0.6) is 0 Å². The molecule has 2 aromatic rings. The Hall–Kier alpha value is -2.34. The van der Waals surface area contributed by atoms with Crippen molar-refractivity contribution in [2.45, 2.75) is 45.4 Å². The Bertz CT molecular complexity index is 917. The molecule has 0 heterocycles. The van der Waals surface area contributed by atoms with Crippen LogP contribution in [-0.4, -0.2) is 32.3 Å². The molecule has 0 atom stereocenters. The lowest BCUT2D eigenvalue weighted by atomic mass is 9.99. The first kappa shape index (κ1) is 21.0. The highest BCUT2D eigenvalue weighted by Gasteiger charge is 2.21. The molecule has 6 heteroatoms. The van der Waals surface area contributed by atoms with Gasteiger partial charge in [0.25, 0.3) is 15.9 Å². The second kappa shape index (κ2) is 8.57. The van der Waals surface area contributed by atoms with Crippen LogP contribution in [0.15, 0.2) is 47.4 Å². The third kappa shape index (κ3) is 4.69.